The molecule has 0 atom stereocenters. The monoisotopic (exact) mass is 217 g/mol. The number of H-pyrrole nitrogens is 1. The highest BCUT2D eigenvalue weighted by Crippen LogP contribution is 2.32. The Labute approximate surface area is 82.3 Å². The molecule has 0 unspecified atom stereocenters. The highest BCUT2D eigenvalue weighted by Gasteiger charge is 2.10. The summed E-state index contributed by atoms with van der Waals surface area (Å²) in [5, 5.41) is 0.496. The van der Waals surface area contributed by atoms with E-state index < -0.39 is 11.6 Å². The van der Waals surface area contributed by atoms with Gasteiger partial charge in [0.25, 0.3) is 5.76 Å². The van der Waals surface area contributed by atoms with Crippen molar-refractivity contribution in [3.05, 3.63) is 30.2 Å². The van der Waals surface area contributed by atoms with Gasteiger partial charge in [0.05, 0.1) is 0 Å². The van der Waals surface area contributed by atoms with Gasteiger partial charge in [-0.25, -0.2) is 4.39 Å². The number of fused-ring (bicyclic) bond motifs is 1. The Balaban J connectivity index is 2.50. The minimum atomic E-state index is -2.49. The number of thioether (sulfide) groups is 1. The number of alkyl halides is 2. The molecule has 1 nitrogen and oxygen atoms in total. The maximum atomic E-state index is 12.8. The smallest absolute Gasteiger partial charge is 0.288 e. The Morgan fingerprint density at radius 1 is 1.29 bits per heavy atom. The van der Waals surface area contributed by atoms with Crippen LogP contribution in [0.5, 0.6) is 0 Å². The molecule has 0 saturated heterocycles. The summed E-state index contributed by atoms with van der Waals surface area (Å²) in [5.41, 5.74) is 0.662. The molecule has 0 amide bonds. The predicted molar refractivity (Wildman–Crippen MR) is 50.1 cm³/mol. The summed E-state index contributed by atoms with van der Waals surface area (Å²) in [6.07, 6.45) is 1.46. The SMILES string of the molecule is Fc1ccc2[nH]cc(SC(F)F)c2c1. The van der Waals surface area contributed by atoms with E-state index in [1.165, 1.54) is 24.4 Å². The molecule has 1 aromatic carbocycles. The number of halogens is 3. The average molecular weight is 217 g/mol. The second-order valence-electron chi connectivity index (χ2n) is 2.72. The normalized spacial score (nSPS) is 11.4. The van der Waals surface area contributed by atoms with Gasteiger partial charge < -0.3 is 4.98 Å². The lowest BCUT2D eigenvalue weighted by Crippen LogP contribution is -1.80. The second-order valence-corrected chi connectivity index (χ2v) is 3.75. The van der Waals surface area contributed by atoms with Crippen LogP contribution in [-0.4, -0.2) is 10.7 Å². The summed E-state index contributed by atoms with van der Waals surface area (Å²) in [5.74, 6) is -2.91. The van der Waals surface area contributed by atoms with Crippen LogP contribution in [0, 0.1) is 5.82 Å². The van der Waals surface area contributed by atoms with Crippen molar-refractivity contribution in [3.8, 4) is 0 Å². The van der Waals surface area contributed by atoms with Crippen LogP contribution in [0.4, 0.5) is 13.2 Å². The maximum Gasteiger partial charge on any atom is 0.288 e. The fraction of sp³-hybridized carbons (Fsp3) is 0.111. The second kappa shape index (κ2) is 3.57. The van der Waals surface area contributed by atoms with E-state index in [0.717, 1.165) is 0 Å². The van der Waals surface area contributed by atoms with Crippen molar-refractivity contribution in [2.24, 2.45) is 0 Å². The van der Waals surface area contributed by atoms with Crippen LogP contribution in [0.1, 0.15) is 0 Å². The fourth-order valence-corrected chi connectivity index (χ4v) is 1.88. The van der Waals surface area contributed by atoms with Gasteiger partial charge in [0.2, 0.25) is 0 Å². The van der Waals surface area contributed by atoms with Crippen LogP contribution in [0.15, 0.2) is 29.3 Å². The molecular weight excluding hydrogens is 211 g/mol. The lowest BCUT2D eigenvalue weighted by atomic mass is 10.2. The first-order valence-electron chi connectivity index (χ1n) is 3.88. The van der Waals surface area contributed by atoms with E-state index in [-0.39, 0.29) is 0 Å². The first-order chi connectivity index (χ1) is 6.66. The van der Waals surface area contributed by atoms with E-state index in [9.17, 15) is 13.2 Å². The van der Waals surface area contributed by atoms with Gasteiger partial charge in [0.15, 0.2) is 0 Å². The van der Waals surface area contributed by atoms with E-state index in [4.69, 9.17) is 0 Å². The third-order valence-electron chi connectivity index (χ3n) is 1.82. The third-order valence-corrected chi connectivity index (χ3v) is 2.59. The number of benzene rings is 1. The number of aromatic nitrogens is 1. The van der Waals surface area contributed by atoms with E-state index in [2.05, 4.69) is 4.98 Å². The lowest BCUT2D eigenvalue weighted by Gasteiger charge is -1.97. The van der Waals surface area contributed by atoms with Crippen molar-refractivity contribution in [1.82, 2.24) is 4.98 Å². The van der Waals surface area contributed by atoms with Crippen molar-refractivity contribution in [3.63, 3.8) is 0 Å². The van der Waals surface area contributed by atoms with Crippen LogP contribution >= 0.6 is 11.8 Å². The molecule has 74 valence electrons. The molecule has 14 heavy (non-hydrogen) atoms. The molecule has 1 N–H and O–H groups in total. The number of hydrogen-bond donors (Lipinski definition) is 1. The Hall–Kier alpha value is -1.10. The predicted octanol–water partition coefficient (Wildman–Crippen LogP) is 3.62. The van der Waals surface area contributed by atoms with Crippen LogP contribution in [0.25, 0.3) is 10.9 Å². The zero-order chi connectivity index (χ0) is 10.1. The van der Waals surface area contributed by atoms with Gasteiger partial charge in [-0.05, 0) is 18.2 Å². The Morgan fingerprint density at radius 3 is 2.79 bits per heavy atom. The fourth-order valence-electron chi connectivity index (χ4n) is 1.26. The molecule has 0 aliphatic carbocycles. The topological polar surface area (TPSA) is 15.8 Å². The number of aromatic amines is 1. The van der Waals surface area contributed by atoms with Gasteiger partial charge in [-0.1, -0.05) is 11.8 Å². The molecule has 1 aromatic heterocycles. The minimum absolute atomic E-state index is 0.370. The van der Waals surface area contributed by atoms with Crippen molar-refractivity contribution in [2.75, 3.05) is 0 Å². The van der Waals surface area contributed by atoms with Crippen LogP contribution in [-0.2, 0) is 0 Å². The van der Waals surface area contributed by atoms with Gasteiger partial charge in [0.1, 0.15) is 5.82 Å². The van der Waals surface area contributed by atoms with Crippen molar-refractivity contribution < 1.29 is 13.2 Å². The first kappa shape index (κ1) is 9.45. The van der Waals surface area contributed by atoms with Gasteiger partial charge >= 0.3 is 0 Å². The quantitative estimate of drug-likeness (QED) is 0.759. The molecule has 2 rings (SSSR count). The van der Waals surface area contributed by atoms with Crippen molar-refractivity contribution >= 4 is 22.7 Å². The van der Waals surface area contributed by atoms with Gasteiger partial charge in [-0.2, -0.15) is 8.78 Å². The Bertz CT molecular complexity index is 452. The van der Waals surface area contributed by atoms with Crippen molar-refractivity contribution in [1.29, 1.82) is 0 Å². The molecule has 0 fully saturated rings. The zero-order valence-corrected chi connectivity index (χ0v) is 7.75. The molecule has 0 saturated carbocycles. The Morgan fingerprint density at radius 2 is 2.07 bits per heavy atom. The summed E-state index contributed by atoms with van der Waals surface area (Å²) < 4.78 is 37.0. The summed E-state index contributed by atoms with van der Waals surface area (Å²) in [4.78, 5) is 3.17. The van der Waals surface area contributed by atoms with Gasteiger partial charge in [0, 0.05) is 22.0 Å². The molecule has 0 aliphatic heterocycles. The largest absolute Gasteiger partial charge is 0.360 e. The summed E-state index contributed by atoms with van der Waals surface area (Å²) in [7, 11) is 0. The minimum Gasteiger partial charge on any atom is -0.360 e. The highest BCUT2D eigenvalue weighted by molar-refractivity contribution is 7.99. The summed E-state index contributed by atoms with van der Waals surface area (Å²) >= 11 is 0.412. The van der Waals surface area contributed by atoms with Crippen LogP contribution in [0.2, 0.25) is 0 Å². The van der Waals surface area contributed by atoms with Crippen LogP contribution < -0.4 is 0 Å². The molecule has 0 aliphatic rings. The van der Waals surface area contributed by atoms with Gasteiger partial charge in [-0.15, -0.1) is 0 Å². The first-order valence-corrected chi connectivity index (χ1v) is 4.76. The summed E-state index contributed by atoms with van der Waals surface area (Å²) in [6, 6.07) is 4.06. The zero-order valence-electron chi connectivity index (χ0n) is 6.93. The number of nitrogens with one attached hydrogen (secondary N) is 1. The van der Waals surface area contributed by atoms with E-state index in [1.807, 2.05) is 0 Å². The third kappa shape index (κ3) is 1.72. The molecule has 0 bridgehead atoms. The van der Waals surface area contributed by atoms with E-state index in [1.54, 1.807) is 0 Å². The maximum absolute atomic E-state index is 12.8. The van der Waals surface area contributed by atoms with Gasteiger partial charge in [-0.3, -0.25) is 0 Å². The average Bonchev–Trinajstić information content (AvgIpc) is 2.47. The molecule has 0 radical (unpaired) electrons. The molecule has 5 heteroatoms. The molecule has 1 heterocycles. The van der Waals surface area contributed by atoms with Crippen LogP contribution in [0.3, 0.4) is 0 Å². The number of rotatable bonds is 2. The van der Waals surface area contributed by atoms with E-state index in [0.29, 0.717) is 27.6 Å². The Kier molecular flexibility index (Phi) is 2.41. The molecule has 0 spiro atoms. The van der Waals surface area contributed by atoms with E-state index >= 15 is 0 Å². The van der Waals surface area contributed by atoms with Crippen molar-refractivity contribution in [2.45, 2.75) is 10.7 Å². The molecule has 2 aromatic rings. The summed E-state index contributed by atoms with van der Waals surface area (Å²) in [6.45, 7) is 0. The standard InChI is InChI=1S/C9H6F3NS/c10-5-1-2-7-6(3-5)8(4-13-7)14-9(11)12/h1-4,9,13H. The highest BCUT2D eigenvalue weighted by atomic mass is 32.2. The molecular formula is C9H6F3NS. The lowest BCUT2D eigenvalue weighted by molar-refractivity contribution is 0.252. The number of hydrogen-bond acceptors (Lipinski definition) is 1.